The number of ketones is 1. The highest BCUT2D eigenvalue weighted by Crippen LogP contribution is 2.34. The number of methoxy groups -OCH3 is 2. The van der Waals surface area contributed by atoms with Crippen LogP contribution in [-0.2, 0) is 24.3 Å². The molecule has 0 saturated carbocycles. The molecular formula is C19H25FN2O6S. The minimum absolute atomic E-state index is 0.0548. The van der Waals surface area contributed by atoms with Gasteiger partial charge in [0.05, 0.1) is 41.6 Å². The van der Waals surface area contributed by atoms with Crippen molar-refractivity contribution in [1.29, 1.82) is 0 Å². The van der Waals surface area contributed by atoms with Crippen molar-refractivity contribution in [2.75, 3.05) is 45.5 Å². The second-order valence-electron chi connectivity index (χ2n) is 7.14. The Morgan fingerprint density at radius 3 is 2.62 bits per heavy atom. The molecule has 160 valence electrons. The molecule has 0 N–H and O–H groups in total. The molecule has 2 aliphatic rings. The lowest BCUT2D eigenvalue weighted by atomic mass is 10.1. The summed E-state index contributed by atoms with van der Waals surface area (Å²) in [7, 11) is -0.881. The van der Waals surface area contributed by atoms with Gasteiger partial charge >= 0.3 is 0 Å². The van der Waals surface area contributed by atoms with Crippen molar-refractivity contribution in [2.24, 2.45) is 0 Å². The van der Waals surface area contributed by atoms with Crippen LogP contribution in [0.1, 0.15) is 29.6 Å². The predicted octanol–water partition coefficient (Wildman–Crippen LogP) is 1.39. The van der Waals surface area contributed by atoms with Gasteiger partial charge in [0.2, 0.25) is 10.0 Å². The van der Waals surface area contributed by atoms with Crippen LogP contribution in [0.2, 0.25) is 0 Å². The number of alkyl halides is 1. The van der Waals surface area contributed by atoms with Crippen LogP contribution in [0.4, 0.5) is 10.1 Å². The molecule has 1 aromatic carbocycles. The molecule has 0 aromatic heterocycles. The van der Waals surface area contributed by atoms with E-state index < -0.39 is 28.4 Å². The minimum Gasteiger partial charge on any atom is -0.383 e. The molecule has 1 aromatic rings. The topological polar surface area (TPSA) is 93.2 Å². The number of carbonyl (C=O) groups excluding carboxylic acids is 2. The van der Waals surface area contributed by atoms with E-state index in [0.29, 0.717) is 18.5 Å². The van der Waals surface area contributed by atoms with Crippen molar-refractivity contribution >= 4 is 27.4 Å². The van der Waals surface area contributed by atoms with Gasteiger partial charge < -0.3 is 14.4 Å². The van der Waals surface area contributed by atoms with Gasteiger partial charge in [0.25, 0.3) is 11.7 Å². The number of carbonyl (C=O) groups is 2. The summed E-state index contributed by atoms with van der Waals surface area (Å²) in [4.78, 5) is 25.9. The maximum Gasteiger partial charge on any atom is 0.299 e. The van der Waals surface area contributed by atoms with Gasteiger partial charge in [0, 0.05) is 27.3 Å². The number of Topliss-reactive ketones (excluding diaryl/α,β-unsaturated/α-hetero) is 1. The highest BCUT2D eigenvalue weighted by atomic mass is 32.2. The van der Waals surface area contributed by atoms with E-state index in [0.717, 1.165) is 0 Å². The van der Waals surface area contributed by atoms with Gasteiger partial charge in [0.1, 0.15) is 0 Å². The molecule has 2 heterocycles. The largest absolute Gasteiger partial charge is 0.383 e. The smallest absolute Gasteiger partial charge is 0.299 e. The first kappa shape index (κ1) is 21.8. The average molecular weight is 428 g/mol. The van der Waals surface area contributed by atoms with Crippen molar-refractivity contribution in [1.82, 2.24) is 4.31 Å². The first-order chi connectivity index (χ1) is 13.8. The normalized spacial score (nSPS) is 22.5. The summed E-state index contributed by atoms with van der Waals surface area (Å²) in [6, 6.07) is 3.74. The maximum atomic E-state index is 13.2. The number of halogens is 1. The molecule has 2 aliphatic heterocycles. The SMILES string of the molecule is COC[C@@H]1C[C@@H](OC)CN1S(=O)(=O)c1ccc2c(c1)C(=O)C(=O)N2CCCCF. The van der Waals surface area contributed by atoms with Crippen molar-refractivity contribution in [3.63, 3.8) is 0 Å². The van der Waals surface area contributed by atoms with Crippen LogP contribution in [0.25, 0.3) is 0 Å². The number of amides is 1. The third-order valence-electron chi connectivity index (χ3n) is 5.33. The Hall–Kier alpha value is -1.88. The highest BCUT2D eigenvalue weighted by molar-refractivity contribution is 7.89. The molecule has 29 heavy (non-hydrogen) atoms. The summed E-state index contributed by atoms with van der Waals surface area (Å²) in [6.45, 7) is 0.127. The van der Waals surface area contributed by atoms with Crippen LogP contribution < -0.4 is 4.90 Å². The summed E-state index contributed by atoms with van der Waals surface area (Å²) in [5, 5.41) is 0. The van der Waals surface area contributed by atoms with Crippen LogP contribution in [0.3, 0.4) is 0 Å². The molecular weight excluding hydrogens is 403 g/mol. The van der Waals surface area contributed by atoms with Crippen LogP contribution >= 0.6 is 0 Å². The fourth-order valence-electron chi connectivity index (χ4n) is 3.82. The maximum absolute atomic E-state index is 13.2. The van der Waals surface area contributed by atoms with Gasteiger partial charge in [-0.05, 0) is 37.5 Å². The molecule has 1 saturated heterocycles. The third-order valence-corrected chi connectivity index (χ3v) is 7.25. The van der Waals surface area contributed by atoms with E-state index in [1.54, 1.807) is 0 Å². The Balaban J connectivity index is 1.91. The van der Waals surface area contributed by atoms with Crippen LogP contribution in [0, 0.1) is 0 Å². The van der Waals surface area contributed by atoms with Crippen molar-refractivity contribution in [2.45, 2.75) is 36.3 Å². The zero-order valence-corrected chi connectivity index (χ0v) is 17.3. The minimum atomic E-state index is -3.91. The molecule has 8 nitrogen and oxygen atoms in total. The van der Waals surface area contributed by atoms with Gasteiger partial charge in [-0.15, -0.1) is 0 Å². The van der Waals surface area contributed by atoms with E-state index in [1.165, 1.54) is 41.6 Å². The number of nitrogens with zero attached hydrogens (tertiary/aromatic N) is 2. The monoisotopic (exact) mass is 428 g/mol. The molecule has 3 rings (SSSR count). The lowest BCUT2D eigenvalue weighted by molar-refractivity contribution is -0.114. The molecule has 0 unspecified atom stereocenters. The van der Waals surface area contributed by atoms with Gasteiger partial charge in [-0.3, -0.25) is 14.0 Å². The van der Waals surface area contributed by atoms with Gasteiger partial charge in [-0.1, -0.05) is 0 Å². The average Bonchev–Trinajstić information content (AvgIpc) is 3.23. The Morgan fingerprint density at radius 1 is 1.21 bits per heavy atom. The first-order valence-electron chi connectivity index (χ1n) is 9.45. The summed E-state index contributed by atoms with van der Waals surface area (Å²) < 4.78 is 50.6. The van der Waals surface area contributed by atoms with E-state index in [-0.39, 0.29) is 48.7 Å². The summed E-state index contributed by atoms with van der Waals surface area (Å²) >= 11 is 0. The van der Waals surface area contributed by atoms with E-state index in [1.807, 2.05) is 0 Å². The molecule has 2 atom stereocenters. The lowest BCUT2D eigenvalue weighted by Gasteiger charge is -2.23. The second-order valence-corrected chi connectivity index (χ2v) is 9.03. The quantitative estimate of drug-likeness (QED) is 0.436. The Morgan fingerprint density at radius 2 is 1.97 bits per heavy atom. The molecule has 1 fully saturated rings. The van der Waals surface area contributed by atoms with Gasteiger partial charge in [0.15, 0.2) is 0 Å². The zero-order chi connectivity index (χ0) is 21.2. The summed E-state index contributed by atoms with van der Waals surface area (Å²) in [5.74, 6) is -1.46. The molecule has 0 aliphatic carbocycles. The zero-order valence-electron chi connectivity index (χ0n) is 16.5. The number of anilines is 1. The molecule has 0 radical (unpaired) electrons. The Kier molecular flexibility index (Phi) is 6.67. The fraction of sp³-hybridized carbons (Fsp3) is 0.579. The van der Waals surface area contributed by atoms with Gasteiger partial charge in [-0.25, -0.2) is 8.42 Å². The van der Waals surface area contributed by atoms with Crippen molar-refractivity contribution < 1.29 is 31.9 Å². The van der Waals surface area contributed by atoms with Crippen molar-refractivity contribution in [3.8, 4) is 0 Å². The van der Waals surface area contributed by atoms with Crippen LogP contribution in [-0.4, -0.2) is 77.1 Å². The summed E-state index contributed by atoms with van der Waals surface area (Å²) in [5.41, 5.74) is 0.421. The Bertz CT molecular complexity index is 891. The van der Waals surface area contributed by atoms with Gasteiger partial charge in [-0.2, -0.15) is 4.31 Å². The van der Waals surface area contributed by atoms with Crippen molar-refractivity contribution in [3.05, 3.63) is 23.8 Å². The first-order valence-corrected chi connectivity index (χ1v) is 10.9. The van der Waals surface area contributed by atoms with E-state index in [4.69, 9.17) is 9.47 Å². The number of ether oxygens (including phenoxy) is 2. The standard InChI is InChI=1S/C19H25FN2O6S/c1-27-12-13-9-14(28-2)11-22(13)29(25,26)15-5-6-17-16(10-15)18(23)19(24)21(17)8-4-3-7-20/h5-6,10,13-14H,3-4,7-9,11-12H2,1-2H3/t13-,14+/m0/s1. The number of hydrogen-bond acceptors (Lipinski definition) is 6. The van der Waals surface area contributed by atoms with E-state index in [2.05, 4.69) is 0 Å². The second kappa shape index (κ2) is 8.86. The van der Waals surface area contributed by atoms with E-state index in [9.17, 15) is 22.4 Å². The number of unbranched alkanes of at least 4 members (excludes halogenated alkanes) is 1. The molecule has 0 spiro atoms. The third kappa shape index (κ3) is 4.07. The molecule has 0 bridgehead atoms. The van der Waals surface area contributed by atoms with E-state index >= 15 is 0 Å². The number of benzene rings is 1. The highest BCUT2D eigenvalue weighted by Gasteiger charge is 2.42. The van der Waals surface area contributed by atoms with Crippen LogP contribution in [0.15, 0.2) is 23.1 Å². The number of hydrogen-bond donors (Lipinski definition) is 0. The Labute approximate surface area is 169 Å². The fourth-order valence-corrected chi connectivity index (χ4v) is 5.50. The van der Waals surface area contributed by atoms with Crippen LogP contribution in [0.5, 0.6) is 0 Å². The number of rotatable bonds is 9. The number of fused-ring (bicyclic) bond motifs is 1. The lowest BCUT2D eigenvalue weighted by Crippen LogP contribution is -2.38. The predicted molar refractivity (Wildman–Crippen MR) is 103 cm³/mol. The number of sulfonamides is 1. The summed E-state index contributed by atoms with van der Waals surface area (Å²) in [6.07, 6.45) is 0.971. The molecule has 1 amide bonds. The molecule has 10 heteroatoms.